The maximum atomic E-state index is 11.2. The number of hydrogen-bond acceptors (Lipinski definition) is 13. The number of aliphatic hydroxyl groups excluding tert-OH is 2. The molecule has 0 aromatic heterocycles. The number of ether oxygens (including phenoxy) is 6. The van der Waals surface area contributed by atoms with E-state index in [0.717, 1.165) is 78.5 Å². The monoisotopic (exact) mass is 667 g/mol. The third-order valence-corrected chi connectivity index (χ3v) is 8.16. The lowest BCUT2D eigenvalue weighted by atomic mass is 9.84. The van der Waals surface area contributed by atoms with Crippen molar-refractivity contribution in [2.45, 2.75) is 72.6 Å². The first kappa shape index (κ1) is 45.2. The van der Waals surface area contributed by atoms with Crippen LogP contribution in [0, 0.1) is 10.3 Å². The van der Waals surface area contributed by atoms with Gasteiger partial charge in [-0.2, -0.15) is 4.91 Å². The third-order valence-electron chi connectivity index (χ3n) is 8.16. The van der Waals surface area contributed by atoms with Gasteiger partial charge in [0, 0.05) is 71.4 Å². The molecule has 13 heteroatoms. The van der Waals surface area contributed by atoms with Crippen molar-refractivity contribution in [2.75, 3.05) is 139 Å². The molecule has 0 aliphatic carbocycles. The quantitative estimate of drug-likeness (QED) is 0.196. The van der Waals surface area contributed by atoms with Crippen LogP contribution in [0.3, 0.4) is 0 Å². The van der Waals surface area contributed by atoms with Crippen molar-refractivity contribution in [3.05, 3.63) is 4.91 Å². The summed E-state index contributed by atoms with van der Waals surface area (Å²) in [5.74, 6) is 0. The SMILES string of the molecule is CC.CC.CCC(CC)(COCC(O)CN1CCOCC1)COCC(CN1CCOCC1)N=O.COCC(O)CN1CCOCC1. The van der Waals surface area contributed by atoms with E-state index in [4.69, 9.17) is 28.4 Å². The number of methoxy groups -OCH3 is 1. The summed E-state index contributed by atoms with van der Waals surface area (Å²) in [5, 5.41) is 22.9. The number of morpholine rings is 3. The highest BCUT2D eigenvalue weighted by Crippen LogP contribution is 2.27. The number of nitrogens with zero attached hydrogens (tertiary/aromatic N) is 4. The zero-order chi connectivity index (χ0) is 34.5. The second-order valence-electron chi connectivity index (χ2n) is 11.5. The Bertz CT molecular complexity index is 661. The topological polar surface area (TPSA) is 135 Å². The smallest absolute Gasteiger partial charge is 0.128 e. The lowest BCUT2D eigenvalue weighted by Gasteiger charge is -2.33. The van der Waals surface area contributed by atoms with Crippen LogP contribution in [0.5, 0.6) is 0 Å². The molecule has 13 nitrogen and oxygen atoms in total. The number of β-amino-alcohol motifs (C(OH)–C–C–N with tert-alkyl or cyclic N) is 2. The largest absolute Gasteiger partial charge is 0.389 e. The Morgan fingerprint density at radius 3 is 1.39 bits per heavy atom. The van der Waals surface area contributed by atoms with Crippen LogP contribution >= 0.6 is 0 Å². The molecule has 2 N–H and O–H groups in total. The highest BCUT2D eigenvalue weighted by molar-refractivity contribution is 4.79. The summed E-state index contributed by atoms with van der Waals surface area (Å²) in [4.78, 5) is 17.8. The summed E-state index contributed by atoms with van der Waals surface area (Å²) in [5.41, 5.74) is -0.120. The molecule has 3 fully saturated rings. The molecule has 3 aliphatic heterocycles. The molecule has 3 heterocycles. The molecule has 0 saturated carbocycles. The van der Waals surface area contributed by atoms with Gasteiger partial charge < -0.3 is 38.6 Å². The van der Waals surface area contributed by atoms with E-state index in [-0.39, 0.29) is 17.6 Å². The maximum absolute atomic E-state index is 11.2. The zero-order valence-electron chi connectivity index (χ0n) is 30.3. The van der Waals surface area contributed by atoms with Gasteiger partial charge >= 0.3 is 0 Å². The molecule has 46 heavy (non-hydrogen) atoms. The van der Waals surface area contributed by atoms with Crippen LogP contribution in [0.2, 0.25) is 0 Å². The summed E-state index contributed by atoms with van der Waals surface area (Å²) in [7, 11) is 1.60. The Morgan fingerprint density at radius 1 is 0.652 bits per heavy atom. The van der Waals surface area contributed by atoms with E-state index in [0.29, 0.717) is 65.9 Å². The summed E-state index contributed by atoms with van der Waals surface area (Å²) in [6.45, 7) is 25.9. The minimum Gasteiger partial charge on any atom is -0.389 e. The second kappa shape index (κ2) is 30.2. The van der Waals surface area contributed by atoms with Gasteiger partial charge in [-0.25, -0.2) is 0 Å². The van der Waals surface area contributed by atoms with E-state index in [1.54, 1.807) is 7.11 Å². The average Bonchev–Trinajstić information content (AvgIpc) is 3.10. The first-order chi connectivity index (χ1) is 22.4. The predicted octanol–water partition coefficient (Wildman–Crippen LogP) is 2.36. The van der Waals surface area contributed by atoms with Crippen LogP contribution in [0.15, 0.2) is 5.18 Å². The summed E-state index contributed by atoms with van der Waals surface area (Å²) in [6.07, 6.45) is 0.943. The molecule has 3 saturated heterocycles. The van der Waals surface area contributed by atoms with E-state index in [1.165, 1.54) is 0 Å². The fraction of sp³-hybridized carbons (Fsp3) is 1.00. The van der Waals surface area contributed by atoms with Crippen LogP contribution in [0.4, 0.5) is 0 Å². The van der Waals surface area contributed by atoms with Gasteiger partial charge in [-0.05, 0) is 12.8 Å². The Hall–Kier alpha value is -0.840. The van der Waals surface area contributed by atoms with Gasteiger partial charge in [-0.3, -0.25) is 14.7 Å². The number of hydrogen-bond donors (Lipinski definition) is 2. The summed E-state index contributed by atoms with van der Waals surface area (Å²) >= 11 is 0. The second-order valence-corrected chi connectivity index (χ2v) is 11.5. The van der Waals surface area contributed by atoms with Gasteiger partial charge in [-0.1, -0.05) is 46.7 Å². The number of rotatable bonds is 19. The molecular weight excluding hydrogens is 596 g/mol. The number of aliphatic hydroxyl groups is 2. The Labute approximate surface area is 280 Å². The summed E-state index contributed by atoms with van der Waals surface area (Å²) in [6, 6.07) is -0.370. The minimum absolute atomic E-state index is 0.120. The minimum atomic E-state index is -0.507. The molecule has 3 atom stereocenters. The van der Waals surface area contributed by atoms with Crippen molar-refractivity contribution < 1.29 is 38.6 Å². The van der Waals surface area contributed by atoms with Crippen molar-refractivity contribution in [3.63, 3.8) is 0 Å². The van der Waals surface area contributed by atoms with Crippen molar-refractivity contribution in [1.82, 2.24) is 14.7 Å². The van der Waals surface area contributed by atoms with E-state index in [1.807, 2.05) is 27.7 Å². The van der Waals surface area contributed by atoms with Gasteiger partial charge in [0.25, 0.3) is 0 Å². The highest BCUT2D eigenvalue weighted by Gasteiger charge is 2.29. The van der Waals surface area contributed by atoms with Crippen LogP contribution in [0.1, 0.15) is 54.4 Å². The lowest BCUT2D eigenvalue weighted by Crippen LogP contribution is -2.43. The van der Waals surface area contributed by atoms with Crippen LogP contribution < -0.4 is 0 Å². The molecule has 0 aromatic rings. The van der Waals surface area contributed by atoms with Crippen LogP contribution in [-0.4, -0.2) is 182 Å². The molecule has 3 rings (SSSR count). The van der Waals surface area contributed by atoms with Gasteiger partial charge in [0.2, 0.25) is 0 Å². The Balaban J connectivity index is 0.00000105. The molecule has 3 aliphatic rings. The molecule has 0 radical (unpaired) electrons. The fourth-order valence-electron chi connectivity index (χ4n) is 5.18. The van der Waals surface area contributed by atoms with Gasteiger partial charge in [-0.15, -0.1) is 0 Å². The maximum Gasteiger partial charge on any atom is 0.128 e. The van der Waals surface area contributed by atoms with Crippen molar-refractivity contribution in [3.8, 4) is 0 Å². The first-order valence-electron chi connectivity index (χ1n) is 17.7. The summed E-state index contributed by atoms with van der Waals surface area (Å²) < 4.78 is 32.5. The van der Waals surface area contributed by atoms with Crippen molar-refractivity contribution >= 4 is 0 Å². The Morgan fingerprint density at radius 2 is 1.02 bits per heavy atom. The lowest BCUT2D eigenvalue weighted by molar-refractivity contribution is -0.0606. The van der Waals surface area contributed by atoms with E-state index in [2.05, 4.69) is 33.7 Å². The molecule has 3 unspecified atom stereocenters. The highest BCUT2D eigenvalue weighted by atomic mass is 16.5. The van der Waals surface area contributed by atoms with Gasteiger partial charge in [0.1, 0.15) is 6.04 Å². The molecule has 0 amide bonds. The van der Waals surface area contributed by atoms with Crippen LogP contribution in [0.25, 0.3) is 0 Å². The Kier molecular flexibility index (Phi) is 29.7. The fourth-order valence-corrected chi connectivity index (χ4v) is 5.18. The van der Waals surface area contributed by atoms with E-state index in [9.17, 15) is 15.1 Å². The van der Waals surface area contributed by atoms with Crippen molar-refractivity contribution in [2.24, 2.45) is 10.6 Å². The molecule has 0 bridgehead atoms. The average molecular weight is 667 g/mol. The molecular formula is C33H70N4O9. The normalized spacial score (nSPS) is 20.1. The van der Waals surface area contributed by atoms with Gasteiger partial charge in [0.15, 0.2) is 0 Å². The van der Waals surface area contributed by atoms with E-state index >= 15 is 0 Å². The predicted molar refractivity (Wildman–Crippen MR) is 183 cm³/mol. The number of nitroso groups, excluding NO2 is 1. The van der Waals surface area contributed by atoms with E-state index < -0.39 is 6.10 Å². The molecule has 0 aromatic carbocycles. The van der Waals surface area contributed by atoms with Crippen molar-refractivity contribution in [1.29, 1.82) is 0 Å². The first-order valence-corrected chi connectivity index (χ1v) is 17.7. The standard InChI is InChI=1S/C21H41N3O6.C8H17NO3.2C2H6/c1-3-21(4-2,18-30-16-20(25)14-24-7-11-28-12-8-24)17-29-15-19(22-26)13-23-5-9-27-10-6-23;1-11-7-8(10)6-9-2-4-12-5-3-9;2*1-2/h19-20,25H,3-18H2,1-2H3;8,10H,2-7H2,1H3;2*1-2H3. The molecule has 0 spiro atoms. The zero-order valence-corrected chi connectivity index (χ0v) is 30.3. The third kappa shape index (κ3) is 21.2. The van der Waals surface area contributed by atoms with Crippen LogP contribution in [-0.2, 0) is 28.4 Å². The molecule has 276 valence electrons. The van der Waals surface area contributed by atoms with Gasteiger partial charge in [0.05, 0.1) is 84.9 Å².